The Hall–Kier alpha value is -2.71. The summed E-state index contributed by atoms with van der Waals surface area (Å²) in [6, 6.07) is 0. The van der Waals surface area contributed by atoms with Gasteiger partial charge in [-0.1, -0.05) is 76.9 Å². The van der Waals surface area contributed by atoms with E-state index in [2.05, 4.69) is 6.92 Å². The molecule has 7 N–H and O–H groups in total. The third-order valence-corrected chi connectivity index (χ3v) is 14.1. The van der Waals surface area contributed by atoms with Crippen LogP contribution in [0.1, 0.15) is 139 Å². The molecule has 71 heavy (non-hydrogen) atoms. The maximum atomic E-state index is 13.9. The van der Waals surface area contributed by atoms with Gasteiger partial charge in [-0.15, -0.1) is 0 Å². The van der Waals surface area contributed by atoms with E-state index in [4.69, 9.17) is 52.1 Å². The minimum Gasteiger partial charge on any atom is -0.455 e. The summed E-state index contributed by atoms with van der Waals surface area (Å²) in [5, 5.41) is 78.8. The van der Waals surface area contributed by atoms with E-state index in [1.165, 1.54) is 39.8 Å². The van der Waals surface area contributed by atoms with E-state index < -0.39 is 147 Å². The molecule has 408 valence electrons. The molecule has 5 saturated heterocycles. The van der Waals surface area contributed by atoms with E-state index in [-0.39, 0.29) is 23.7 Å². The first kappa shape index (κ1) is 59.2. The lowest BCUT2D eigenvalue weighted by Crippen LogP contribution is -2.68. The molecule has 5 heterocycles. The number of esters is 3. The number of hydrogen-bond acceptors (Lipinski definition) is 21. The summed E-state index contributed by atoms with van der Waals surface area (Å²) in [5.41, 5.74) is 0.378. The third-order valence-electron chi connectivity index (χ3n) is 14.1. The molecule has 21 nitrogen and oxygen atoms in total. The molecule has 0 aromatic rings. The summed E-state index contributed by atoms with van der Waals surface area (Å²) >= 11 is 0. The molecule has 0 unspecified atom stereocenters. The van der Waals surface area contributed by atoms with Crippen molar-refractivity contribution in [2.45, 2.75) is 268 Å². The summed E-state index contributed by atoms with van der Waals surface area (Å²) in [5.74, 6) is -2.36. The first-order chi connectivity index (χ1) is 33.8. The second-order valence-electron chi connectivity index (χ2n) is 19.5. The van der Waals surface area contributed by atoms with Gasteiger partial charge in [-0.25, -0.2) is 9.59 Å². The Morgan fingerprint density at radius 2 is 1.14 bits per heavy atom. The minimum atomic E-state index is -1.93. The normalized spacial score (nSPS) is 42.0. The van der Waals surface area contributed by atoms with Gasteiger partial charge >= 0.3 is 17.9 Å². The lowest BCUT2D eigenvalue weighted by Gasteiger charge is -2.50. The summed E-state index contributed by atoms with van der Waals surface area (Å²) in [6.07, 6.45) is -18.6. The number of aliphatic hydroxyl groups excluding tert-OH is 7. The zero-order valence-corrected chi connectivity index (χ0v) is 42.5. The number of carbonyl (C=O) groups excluding carboxylic acids is 3. The molecule has 0 aliphatic carbocycles. The summed E-state index contributed by atoms with van der Waals surface area (Å²) in [7, 11) is 0. The van der Waals surface area contributed by atoms with E-state index in [0.717, 1.165) is 51.4 Å². The standard InChI is InChI=1S/C50H82O21/c1-9-12-18-21-30-22-19-16-14-13-15-17-20-23-32(52)66-43-40(69-47-38(58)37(57)39(28(7)62-47)67-45(59)25(4)10-2)29(8)63-50(44(43)68-46(60)26(5)11-3)71-42-36(56)34(54)31(24-51)65-49(42)70-41-35(55)33(53)27(6)61-48(41)64-30/h10-11,27-31,33-44,47-51,53-58H,9,12-24H2,1-8H3/b25-10+,26-11+/t27-,28-,29+,30+,31-,33-,34-,35+,36+,37-,38-,39-,40+,41-,42-,43-,44-,47+,48+,49+,50+/m1/s1. The lowest BCUT2D eigenvalue weighted by molar-refractivity contribution is -0.398. The molecule has 21 atom stereocenters. The Morgan fingerprint density at radius 1 is 0.592 bits per heavy atom. The van der Waals surface area contributed by atoms with E-state index in [0.29, 0.717) is 25.7 Å². The number of rotatable bonds is 11. The van der Waals surface area contributed by atoms with E-state index in [1.54, 1.807) is 20.8 Å². The maximum absolute atomic E-state index is 13.9. The molecule has 5 rings (SSSR count). The van der Waals surface area contributed by atoms with E-state index in [9.17, 15) is 50.1 Å². The third kappa shape index (κ3) is 15.4. The molecule has 21 heteroatoms. The molecule has 2 bridgehead atoms. The highest BCUT2D eigenvalue weighted by Crippen LogP contribution is 2.38. The minimum absolute atomic E-state index is 0.0520. The van der Waals surface area contributed by atoms with Crippen molar-refractivity contribution < 1.29 is 102 Å². The maximum Gasteiger partial charge on any atom is 0.333 e. The van der Waals surface area contributed by atoms with Crippen LogP contribution in [0.3, 0.4) is 0 Å². The molecular weight excluding hydrogens is 937 g/mol. The van der Waals surface area contributed by atoms with Crippen LogP contribution in [0.2, 0.25) is 0 Å². The smallest absolute Gasteiger partial charge is 0.333 e. The van der Waals surface area contributed by atoms with Crippen molar-refractivity contribution in [3.05, 3.63) is 23.3 Å². The molecule has 0 spiro atoms. The van der Waals surface area contributed by atoms with Gasteiger partial charge < -0.3 is 87.9 Å². The van der Waals surface area contributed by atoms with Crippen molar-refractivity contribution in [2.24, 2.45) is 0 Å². The number of ether oxygens (including phenoxy) is 11. The molecule has 0 aromatic heterocycles. The van der Waals surface area contributed by atoms with Gasteiger partial charge in [0.1, 0.15) is 61.0 Å². The molecular formula is C50H82O21. The van der Waals surface area contributed by atoms with Crippen LogP contribution >= 0.6 is 0 Å². The number of aliphatic hydroxyl groups is 7. The highest BCUT2D eigenvalue weighted by molar-refractivity contribution is 5.88. The van der Waals surface area contributed by atoms with Gasteiger partial charge in [0, 0.05) is 17.6 Å². The number of hydrogen-bond donors (Lipinski definition) is 7. The molecule has 0 radical (unpaired) electrons. The predicted molar refractivity (Wildman–Crippen MR) is 248 cm³/mol. The molecule has 0 saturated carbocycles. The van der Waals surface area contributed by atoms with Crippen LogP contribution in [-0.4, -0.2) is 189 Å². The van der Waals surface area contributed by atoms with Crippen LogP contribution in [0.5, 0.6) is 0 Å². The zero-order chi connectivity index (χ0) is 52.1. The molecule has 5 fully saturated rings. The predicted octanol–water partition coefficient (Wildman–Crippen LogP) is 2.42. The van der Waals surface area contributed by atoms with Crippen molar-refractivity contribution in [1.82, 2.24) is 0 Å². The summed E-state index contributed by atoms with van der Waals surface area (Å²) in [4.78, 5) is 40.4. The Balaban J connectivity index is 1.55. The SMILES string of the molecule is C/C=C(\C)C(=O)O[C@H]1[C@@H]2O[C@H]3[C@H](O[C@H]4[C@H](O[C@@H](CCCCC)CCCCCCCCCC(=O)O[C@@H]1[C@@H](O[C@@H]1O[C@H](C)[C@@H](OC(=O)/C(C)=C/C)[C@H](O)[C@H]1O)[C@H](C)O2)O[C@H](C)[C@@H](O)[C@@H]4O)O[C@H](CO)[C@@H](O)[C@@H]3O. The topological polar surface area (TPSA) is 294 Å². The average Bonchev–Trinajstić information content (AvgIpc) is 3.34. The van der Waals surface area contributed by atoms with Gasteiger partial charge in [0.15, 0.2) is 43.5 Å². The second kappa shape index (κ2) is 28.3. The number of unbranched alkanes of at least 4 members (excludes halogenated alkanes) is 2. The van der Waals surface area contributed by atoms with Gasteiger partial charge in [0.05, 0.1) is 31.0 Å². The number of carbonyl (C=O) groups is 3. The molecule has 0 aromatic carbocycles. The fourth-order valence-corrected chi connectivity index (χ4v) is 9.34. The van der Waals surface area contributed by atoms with Crippen LogP contribution in [0, 0.1) is 0 Å². The van der Waals surface area contributed by atoms with Gasteiger partial charge in [0.2, 0.25) is 0 Å². The monoisotopic (exact) mass is 1020 g/mol. The van der Waals surface area contributed by atoms with Gasteiger partial charge in [-0.3, -0.25) is 4.79 Å². The van der Waals surface area contributed by atoms with Crippen LogP contribution in [-0.2, 0) is 66.5 Å². The van der Waals surface area contributed by atoms with E-state index in [1.807, 2.05) is 0 Å². The Kier molecular flexibility index (Phi) is 23.6. The van der Waals surface area contributed by atoms with Crippen LogP contribution < -0.4 is 0 Å². The highest BCUT2D eigenvalue weighted by Gasteiger charge is 2.57. The van der Waals surface area contributed by atoms with Crippen LogP contribution in [0.4, 0.5) is 0 Å². The largest absolute Gasteiger partial charge is 0.455 e. The highest BCUT2D eigenvalue weighted by atomic mass is 16.8. The van der Waals surface area contributed by atoms with Gasteiger partial charge in [0.25, 0.3) is 0 Å². The van der Waals surface area contributed by atoms with Gasteiger partial charge in [-0.05, 0) is 67.7 Å². The summed E-state index contributed by atoms with van der Waals surface area (Å²) < 4.78 is 68.1. The van der Waals surface area contributed by atoms with Crippen molar-refractivity contribution in [3.8, 4) is 0 Å². The average molecular weight is 1020 g/mol. The van der Waals surface area contributed by atoms with Crippen molar-refractivity contribution in [2.75, 3.05) is 6.61 Å². The fourth-order valence-electron chi connectivity index (χ4n) is 9.34. The lowest BCUT2D eigenvalue weighted by atomic mass is 9.95. The number of allylic oxidation sites excluding steroid dienone is 2. The Labute approximate surface area is 417 Å². The molecule has 5 aliphatic heterocycles. The first-order valence-electron chi connectivity index (χ1n) is 25.7. The Bertz CT molecular complexity index is 1730. The first-order valence-corrected chi connectivity index (χ1v) is 25.7. The fraction of sp³-hybridized carbons (Fsp3) is 0.860. The van der Waals surface area contributed by atoms with E-state index >= 15 is 0 Å². The quantitative estimate of drug-likeness (QED) is 0.0677. The van der Waals surface area contributed by atoms with Gasteiger partial charge in [-0.2, -0.15) is 0 Å². The molecule has 0 amide bonds. The molecule has 5 aliphatic rings. The van der Waals surface area contributed by atoms with Crippen molar-refractivity contribution in [3.63, 3.8) is 0 Å². The second-order valence-corrected chi connectivity index (χ2v) is 19.5. The summed E-state index contributed by atoms with van der Waals surface area (Å²) in [6.45, 7) is 12.1. The van der Waals surface area contributed by atoms with Crippen LogP contribution in [0.25, 0.3) is 0 Å². The Morgan fingerprint density at radius 3 is 1.76 bits per heavy atom. The number of fused-ring (bicyclic) bond motifs is 4. The zero-order valence-electron chi connectivity index (χ0n) is 42.5. The van der Waals surface area contributed by atoms with Crippen molar-refractivity contribution >= 4 is 17.9 Å². The van der Waals surface area contributed by atoms with Crippen LogP contribution in [0.15, 0.2) is 23.3 Å². The van der Waals surface area contributed by atoms with Crippen molar-refractivity contribution in [1.29, 1.82) is 0 Å².